The summed E-state index contributed by atoms with van der Waals surface area (Å²) in [5.41, 5.74) is 0.698. The van der Waals surface area contributed by atoms with Crippen LogP contribution in [0.15, 0.2) is 29.2 Å². The number of hydrogen-bond donors (Lipinski definition) is 1. The van der Waals surface area contributed by atoms with Crippen LogP contribution in [0.25, 0.3) is 0 Å². The molecule has 2 aliphatic rings. The Morgan fingerprint density at radius 3 is 2.17 bits per heavy atom. The van der Waals surface area contributed by atoms with Crippen LogP contribution in [-0.2, 0) is 0 Å². The van der Waals surface area contributed by atoms with Crippen molar-refractivity contribution in [3.63, 3.8) is 0 Å². The smallest absolute Gasteiger partial charge is 0.319 e. The maximum atomic E-state index is 12.4. The van der Waals surface area contributed by atoms with E-state index in [0.29, 0.717) is 5.56 Å². The minimum absolute atomic E-state index is 0.0213. The lowest BCUT2D eigenvalue weighted by atomic mass is 10.0. The maximum Gasteiger partial charge on any atom is 0.319 e. The van der Waals surface area contributed by atoms with Gasteiger partial charge in [0.15, 0.2) is 0 Å². The van der Waals surface area contributed by atoms with E-state index in [2.05, 4.69) is 5.32 Å². The summed E-state index contributed by atoms with van der Waals surface area (Å²) in [4.78, 5) is 29.7. The summed E-state index contributed by atoms with van der Waals surface area (Å²) in [6.45, 7) is 3.24. The minimum Gasteiger partial charge on any atom is -0.349 e. The number of amides is 3. The molecule has 0 unspecified atom stereocenters. The zero-order valence-corrected chi connectivity index (χ0v) is 15.0. The van der Waals surface area contributed by atoms with E-state index in [9.17, 15) is 9.59 Å². The molecule has 0 aliphatic carbocycles. The van der Waals surface area contributed by atoms with Crippen molar-refractivity contribution < 1.29 is 9.59 Å². The lowest BCUT2D eigenvalue weighted by Crippen LogP contribution is -2.50. The van der Waals surface area contributed by atoms with Crippen LogP contribution in [0.2, 0.25) is 0 Å². The highest BCUT2D eigenvalue weighted by atomic mass is 32.2. The Labute approximate surface area is 147 Å². The van der Waals surface area contributed by atoms with Crippen LogP contribution >= 0.6 is 11.8 Å². The van der Waals surface area contributed by atoms with Crippen LogP contribution in [0.1, 0.15) is 36.0 Å². The topological polar surface area (TPSA) is 52.7 Å². The predicted octanol–water partition coefficient (Wildman–Crippen LogP) is 2.82. The van der Waals surface area contributed by atoms with Crippen molar-refractivity contribution in [1.29, 1.82) is 0 Å². The van der Waals surface area contributed by atoms with E-state index in [1.807, 2.05) is 40.3 Å². The second-order valence-corrected chi connectivity index (χ2v) is 7.32. The number of urea groups is 1. The van der Waals surface area contributed by atoms with Crippen molar-refractivity contribution >= 4 is 23.7 Å². The third-order valence-electron chi connectivity index (χ3n) is 4.83. The van der Waals surface area contributed by atoms with E-state index in [-0.39, 0.29) is 18.0 Å². The molecule has 0 radical (unpaired) electrons. The first-order chi connectivity index (χ1) is 11.7. The predicted molar refractivity (Wildman–Crippen MR) is 96.5 cm³/mol. The van der Waals surface area contributed by atoms with E-state index >= 15 is 0 Å². The van der Waals surface area contributed by atoms with Crippen LogP contribution in [0.4, 0.5) is 4.79 Å². The standard InChI is InChI=1S/C18H25N3O2S/c1-24-16-6-4-14(5-7-16)17(22)19-15-8-12-21(13-9-15)18(23)20-10-2-3-11-20/h4-7,15H,2-3,8-13H2,1H3,(H,19,22). The normalized spacial score (nSPS) is 18.7. The van der Waals surface area contributed by atoms with E-state index in [0.717, 1.165) is 56.8 Å². The lowest BCUT2D eigenvalue weighted by molar-refractivity contribution is 0.0912. The molecule has 0 spiro atoms. The number of thioether (sulfide) groups is 1. The van der Waals surface area contributed by atoms with Crippen LogP contribution in [0.5, 0.6) is 0 Å². The average molecular weight is 347 g/mol. The van der Waals surface area contributed by atoms with Gasteiger partial charge in [0.05, 0.1) is 0 Å². The Hall–Kier alpha value is -1.69. The summed E-state index contributed by atoms with van der Waals surface area (Å²) < 4.78 is 0. The fourth-order valence-corrected chi connectivity index (χ4v) is 3.74. The van der Waals surface area contributed by atoms with Gasteiger partial charge in [0.25, 0.3) is 5.91 Å². The molecule has 3 amide bonds. The summed E-state index contributed by atoms with van der Waals surface area (Å²) in [6, 6.07) is 8.00. The second kappa shape index (κ2) is 7.92. The van der Waals surface area contributed by atoms with E-state index in [1.54, 1.807) is 11.8 Å². The molecular weight excluding hydrogens is 322 g/mol. The number of nitrogens with one attached hydrogen (secondary N) is 1. The summed E-state index contributed by atoms with van der Waals surface area (Å²) >= 11 is 1.67. The highest BCUT2D eigenvalue weighted by Gasteiger charge is 2.28. The molecule has 5 nitrogen and oxygen atoms in total. The van der Waals surface area contributed by atoms with Crippen molar-refractivity contribution in [3.05, 3.63) is 29.8 Å². The van der Waals surface area contributed by atoms with Crippen molar-refractivity contribution in [1.82, 2.24) is 15.1 Å². The van der Waals surface area contributed by atoms with Gasteiger partial charge < -0.3 is 15.1 Å². The van der Waals surface area contributed by atoms with E-state index in [4.69, 9.17) is 0 Å². The van der Waals surface area contributed by atoms with Gasteiger partial charge in [-0.3, -0.25) is 4.79 Å². The van der Waals surface area contributed by atoms with Crippen LogP contribution in [0.3, 0.4) is 0 Å². The molecule has 3 rings (SSSR count). The number of benzene rings is 1. The largest absolute Gasteiger partial charge is 0.349 e. The minimum atomic E-state index is -0.0213. The third kappa shape index (κ3) is 4.04. The van der Waals surface area contributed by atoms with Gasteiger partial charge >= 0.3 is 6.03 Å². The Morgan fingerprint density at radius 1 is 1.00 bits per heavy atom. The number of rotatable bonds is 3. The Kier molecular flexibility index (Phi) is 5.66. The first-order valence-electron chi connectivity index (χ1n) is 8.66. The molecule has 0 aromatic heterocycles. The number of piperidine rings is 1. The molecule has 2 saturated heterocycles. The molecule has 1 aromatic rings. The summed E-state index contributed by atoms with van der Waals surface area (Å²) in [5, 5.41) is 3.10. The lowest BCUT2D eigenvalue weighted by Gasteiger charge is -2.34. The fourth-order valence-electron chi connectivity index (χ4n) is 3.33. The van der Waals surface area contributed by atoms with Gasteiger partial charge in [-0.25, -0.2) is 4.79 Å². The first kappa shape index (κ1) is 17.1. The first-order valence-corrected chi connectivity index (χ1v) is 9.88. The van der Waals surface area contributed by atoms with Crippen LogP contribution in [-0.4, -0.2) is 60.2 Å². The summed E-state index contributed by atoms with van der Waals surface area (Å²) in [6.07, 6.45) is 5.91. The maximum absolute atomic E-state index is 12.4. The second-order valence-electron chi connectivity index (χ2n) is 6.44. The highest BCUT2D eigenvalue weighted by molar-refractivity contribution is 7.98. The Morgan fingerprint density at radius 2 is 1.58 bits per heavy atom. The van der Waals surface area contributed by atoms with Gasteiger partial charge in [0.1, 0.15) is 0 Å². The summed E-state index contributed by atoms with van der Waals surface area (Å²) in [5.74, 6) is -0.0213. The zero-order valence-electron chi connectivity index (χ0n) is 14.2. The fraction of sp³-hybridized carbons (Fsp3) is 0.556. The zero-order chi connectivity index (χ0) is 16.9. The molecule has 1 aromatic carbocycles. The summed E-state index contributed by atoms with van der Waals surface area (Å²) in [7, 11) is 0. The highest BCUT2D eigenvalue weighted by Crippen LogP contribution is 2.18. The number of likely N-dealkylation sites (tertiary alicyclic amines) is 2. The Balaban J connectivity index is 1.47. The van der Waals surface area contributed by atoms with Gasteiger partial charge in [-0.1, -0.05) is 0 Å². The molecular formula is C18H25N3O2S. The van der Waals surface area contributed by atoms with Gasteiger partial charge in [0, 0.05) is 42.7 Å². The molecule has 0 atom stereocenters. The molecule has 6 heteroatoms. The number of nitrogens with zero attached hydrogens (tertiary/aromatic N) is 2. The third-order valence-corrected chi connectivity index (χ3v) is 5.57. The van der Waals surface area contributed by atoms with Crippen molar-refractivity contribution in [3.8, 4) is 0 Å². The van der Waals surface area contributed by atoms with Crippen LogP contribution < -0.4 is 5.32 Å². The molecule has 0 bridgehead atoms. The molecule has 2 heterocycles. The Bertz CT molecular complexity index is 576. The van der Waals surface area contributed by atoms with Gasteiger partial charge in [0.2, 0.25) is 0 Å². The molecule has 24 heavy (non-hydrogen) atoms. The number of hydrogen-bond acceptors (Lipinski definition) is 3. The molecule has 130 valence electrons. The number of carbonyl (C=O) groups excluding carboxylic acids is 2. The van der Waals surface area contributed by atoms with Gasteiger partial charge in [-0.05, 0) is 56.2 Å². The molecule has 2 fully saturated rings. The monoisotopic (exact) mass is 347 g/mol. The van der Waals surface area contributed by atoms with Crippen molar-refractivity contribution in [2.24, 2.45) is 0 Å². The molecule has 2 aliphatic heterocycles. The average Bonchev–Trinajstić information content (AvgIpc) is 3.16. The molecule has 1 N–H and O–H groups in total. The molecule has 0 saturated carbocycles. The number of carbonyl (C=O) groups is 2. The quantitative estimate of drug-likeness (QED) is 0.856. The van der Waals surface area contributed by atoms with Crippen molar-refractivity contribution in [2.45, 2.75) is 36.6 Å². The van der Waals surface area contributed by atoms with Crippen molar-refractivity contribution in [2.75, 3.05) is 32.4 Å². The van der Waals surface area contributed by atoms with E-state index in [1.165, 1.54) is 0 Å². The SMILES string of the molecule is CSc1ccc(C(=O)NC2CCN(C(=O)N3CCCC3)CC2)cc1. The van der Waals surface area contributed by atoms with Crippen LogP contribution in [0, 0.1) is 0 Å². The van der Waals surface area contributed by atoms with Gasteiger partial charge in [-0.15, -0.1) is 11.8 Å². The van der Waals surface area contributed by atoms with E-state index < -0.39 is 0 Å². The van der Waals surface area contributed by atoms with Gasteiger partial charge in [-0.2, -0.15) is 0 Å².